The molecular weight excluding hydrogens is 270 g/mol. The molecule has 0 bridgehead atoms. The number of carbonyl (C=O) groups is 2. The number of rotatable bonds is 8. The number of nitrogens with one attached hydrogen (secondary N) is 1. The highest BCUT2D eigenvalue weighted by Crippen LogP contribution is 2.26. The van der Waals surface area contributed by atoms with Crippen molar-refractivity contribution in [3.63, 3.8) is 0 Å². The van der Waals surface area contributed by atoms with Gasteiger partial charge in [-0.25, -0.2) is 0 Å². The molecule has 0 amide bonds. The van der Waals surface area contributed by atoms with Crippen LogP contribution in [-0.4, -0.2) is 46.8 Å². The second kappa shape index (κ2) is 7.34. The predicted octanol–water partition coefficient (Wildman–Crippen LogP) is 0.409. The van der Waals surface area contributed by atoms with Gasteiger partial charge in [-0.2, -0.15) is 0 Å². The molecule has 1 aromatic heterocycles. The summed E-state index contributed by atoms with van der Waals surface area (Å²) in [5, 5.41) is 30.7. The van der Waals surface area contributed by atoms with E-state index in [0.29, 0.717) is 9.75 Å². The summed E-state index contributed by atoms with van der Waals surface area (Å²) in [5.74, 6) is -1.29. The van der Waals surface area contributed by atoms with Crippen molar-refractivity contribution in [3.8, 4) is 0 Å². The van der Waals surface area contributed by atoms with Crippen LogP contribution in [0.15, 0.2) is 12.1 Å². The van der Waals surface area contributed by atoms with Gasteiger partial charge < -0.3 is 20.6 Å². The number of hydrogen-bond acceptors (Lipinski definition) is 6. The van der Waals surface area contributed by atoms with Crippen LogP contribution in [0.2, 0.25) is 0 Å². The third kappa shape index (κ3) is 4.71. The highest BCUT2D eigenvalue weighted by atomic mass is 32.1. The van der Waals surface area contributed by atoms with Crippen molar-refractivity contribution in [3.05, 3.63) is 21.9 Å². The Morgan fingerprint density at radius 1 is 1.32 bits per heavy atom. The number of aliphatic hydroxyl groups is 2. The van der Waals surface area contributed by atoms with E-state index in [-0.39, 0.29) is 25.2 Å². The molecule has 2 unspecified atom stereocenters. The molecule has 0 aliphatic heterocycles. The third-order valence-electron chi connectivity index (χ3n) is 2.54. The molecule has 1 heterocycles. The van der Waals surface area contributed by atoms with Gasteiger partial charge in [-0.1, -0.05) is 0 Å². The van der Waals surface area contributed by atoms with Crippen LogP contribution in [0.3, 0.4) is 0 Å². The second-order valence-electron chi connectivity index (χ2n) is 4.09. The van der Waals surface area contributed by atoms with Gasteiger partial charge in [0.15, 0.2) is 5.78 Å². The van der Waals surface area contributed by atoms with E-state index in [1.54, 1.807) is 19.2 Å². The van der Waals surface area contributed by atoms with Gasteiger partial charge in [0.05, 0.1) is 17.4 Å². The van der Waals surface area contributed by atoms with Crippen LogP contribution >= 0.6 is 11.3 Å². The van der Waals surface area contributed by atoms with E-state index in [1.807, 2.05) is 0 Å². The molecule has 1 rings (SSSR count). The van der Waals surface area contributed by atoms with Crippen LogP contribution in [-0.2, 0) is 4.79 Å². The van der Waals surface area contributed by atoms with Crippen molar-refractivity contribution < 1.29 is 24.9 Å². The SMILES string of the molecule is CNCC(O)C(O)c1ccc(C(=O)CCC(=O)O)s1. The van der Waals surface area contributed by atoms with E-state index in [1.165, 1.54) is 0 Å². The van der Waals surface area contributed by atoms with E-state index >= 15 is 0 Å². The molecule has 6 nitrogen and oxygen atoms in total. The number of ketones is 1. The average molecular weight is 287 g/mol. The summed E-state index contributed by atoms with van der Waals surface area (Å²) in [5.41, 5.74) is 0. The molecule has 106 valence electrons. The van der Waals surface area contributed by atoms with Crippen molar-refractivity contribution in [1.29, 1.82) is 0 Å². The summed E-state index contributed by atoms with van der Waals surface area (Å²) in [4.78, 5) is 22.9. The number of Topliss-reactive ketones (excluding diaryl/α,β-unsaturated/α-hetero) is 1. The summed E-state index contributed by atoms with van der Waals surface area (Å²) < 4.78 is 0. The molecule has 0 aliphatic rings. The summed E-state index contributed by atoms with van der Waals surface area (Å²) in [7, 11) is 1.66. The molecular formula is C12H17NO5S. The maximum Gasteiger partial charge on any atom is 0.303 e. The summed E-state index contributed by atoms with van der Waals surface area (Å²) >= 11 is 1.07. The smallest absolute Gasteiger partial charge is 0.303 e. The Bertz CT molecular complexity index is 445. The maximum atomic E-state index is 11.7. The lowest BCUT2D eigenvalue weighted by molar-refractivity contribution is -0.136. The zero-order chi connectivity index (χ0) is 14.4. The molecule has 0 radical (unpaired) electrons. The first kappa shape index (κ1) is 15.8. The zero-order valence-electron chi connectivity index (χ0n) is 10.5. The first-order chi connectivity index (χ1) is 8.95. The Labute approximate surface area is 114 Å². The number of carbonyl (C=O) groups excluding carboxylic acids is 1. The number of aliphatic carboxylic acids is 1. The van der Waals surface area contributed by atoms with Crippen LogP contribution < -0.4 is 5.32 Å². The number of carboxylic acids is 1. The largest absolute Gasteiger partial charge is 0.481 e. The number of aliphatic hydroxyl groups excluding tert-OH is 2. The monoisotopic (exact) mass is 287 g/mol. The lowest BCUT2D eigenvalue weighted by Crippen LogP contribution is -2.29. The molecule has 0 spiro atoms. The average Bonchev–Trinajstić information content (AvgIpc) is 2.84. The molecule has 0 aromatic carbocycles. The lowest BCUT2D eigenvalue weighted by atomic mass is 10.1. The minimum atomic E-state index is -1.06. The Morgan fingerprint density at radius 2 is 2.00 bits per heavy atom. The summed E-state index contributed by atoms with van der Waals surface area (Å²) in [6.07, 6.45) is -2.29. The summed E-state index contributed by atoms with van der Waals surface area (Å²) in [6, 6.07) is 3.11. The maximum absolute atomic E-state index is 11.7. The fourth-order valence-electron chi connectivity index (χ4n) is 1.52. The zero-order valence-corrected chi connectivity index (χ0v) is 11.3. The predicted molar refractivity (Wildman–Crippen MR) is 70.4 cm³/mol. The van der Waals surface area contributed by atoms with Crippen LogP contribution in [0.25, 0.3) is 0 Å². The normalized spacial score (nSPS) is 14.1. The van der Waals surface area contributed by atoms with Crippen molar-refractivity contribution in [1.82, 2.24) is 5.32 Å². The topological polar surface area (TPSA) is 107 Å². The first-order valence-electron chi connectivity index (χ1n) is 5.81. The van der Waals surface area contributed by atoms with E-state index in [9.17, 15) is 19.8 Å². The standard InChI is InChI=1S/C12H17NO5S/c1-13-6-8(15)12(18)10-4-3-9(19-10)7(14)2-5-11(16)17/h3-4,8,12-13,15,18H,2,5-6H2,1H3,(H,16,17). The van der Waals surface area contributed by atoms with E-state index in [0.717, 1.165) is 11.3 Å². The van der Waals surface area contributed by atoms with Crippen LogP contribution in [0.5, 0.6) is 0 Å². The van der Waals surface area contributed by atoms with Gasteiger partial charge in [0.1, 0.15) is 6.10 Å². The highest BCUT2D eigenvalue weighted by molar-refractivity contribution is 7.14. The fourth-order valence-corrected chi connectivity index (χ4v) is 2.54. The molecule has 19 heavy (non-hydrogen) atoms. The van der Waals surface area contributed by atoms with Crippen LogP contribution in [0, 0.1) is 0 Å². The van der Waals surface area contributed by atoms with Crippen LogP contribution in [0.4, 0.5) is 0 Å². The molecule has 1 aromatic rings. The van der Waals surface area contributed by atoms with E-state index in [2.05, 4.69) is 5.32 Å². The minimum absolute atomic E-state index is 0.0650. The molecule has 4 N–H and O–H groups in total. The minimum Gasteiger partial charge on any atom is -0.481 e. The fraction of sp³-hybridized carbons (Fsp3) is 0.500. The molecule has 0 fully saturated rings. The quantitative estimate of drug-likeness (QED) is 0.516. The van der Waals surface area contributed by atoms with Gasteiger partial charge in [0.2, 0.25) is 0 Å². The Morgan fingerprint density at radius 3 is 2.58 bits per heavy atom. The van der Waals surface area contributed by atoms with Crippen molar-refractivity contribution >= 4 is 23.1 Å². The van der Waals surface area contributed by atoms with Crippen molar-refractivity contribution in [2.24, 2.45) is 0 Å². The van der Waals surface area contributed by atoms with Crippen LogP contribution in [0.1, 0.15) is 33.5 Å². The Kier molecular flexibility index (Phi) is 6.10. The molecule has 7 heteroatoms. The molecule has 0 aliphatic carbocycles. The van der Waals surface area contributed by atoms with E-state index < -0.39 is 18.2 Å². The summed E-state index contributed by atoms with van der Waals surface area (Å²) in [6.45, 7) is 0.237. The lowest BCUT2D eigenvalue weighted by Gasteiger charge is -2.15. The van der Waals surface area contributed by atoms with E-state index in [4.69, 9.17) is 5.11 Å². The number of carboxylic acid groups (broad SMARTS) is 1. The van der Waals surface area contributed by atoms with Gasteiger partial charge in [0, 0.05) is 17.8 Å². The Balaban J connectivity index is 2.65. The van der Waals surface area contributed by atoms with Crippen molar-refractivity contribution in [2.75, 3.05) is 13.6 Å². The first-order valence-corrected chi connectivity index (χ1v) is 6.62. The number of hydrogen-bond donors (Lipinski definition) is 4. The number of thiophene rings is 1. The van der Waals surface area contributed by atoms with Gasteiger partial charge in [-0.05, 0) is 19.2 Å². The van der Waals surface area contributed by atoms with Gasteiger partial charge in [0.25, 0.3) is 0 Å². The molecule has 0 saturated heterocycles. The highest BCUT2D eigenvalue weighted by Gasteiger charge is 2.21. The van der Waals surface area contributed by atoms with Gasteiger partial charge >= 0.3 is 5.97 Å². The number of likely N-dealkylation sites (N-methyl/N-ethyl adjacent to an activating group) is 1. The molecule has 0 saturated carbocycles. The molecule has 2 atom stereocenters. The second-order valence-corrected chi connectivity index (χ2v) is 5.20. The van der Waals surface area contributed by atoms with Gasteiger partial charge in [-0.3, -0.25) is 9.59 Å². The van der Waals surface area contributed by atoms with Crippen molar-refractivity contribution in [2.45, 2.75) is 25.0 Å². The van der Waals surface area contributed by atoms with Gasteiger partial charge in [-0.15, -0.1) is 11.3 Å². The Hall–Kier alpha value is -1.28. The third-order valence-corrected chi connectivity index (χ3v) is 3.73.